The summed E-state index contributed by atoms with van der Waals surface area (Å²) < 4.78 is 0. The molecule has 7 nitrogen and oxygen atoms in total. The summed E-state index contributed by atoms with van der Waals surface area (Å²) in [5, 5.41) is 13.0. The van der Waals surface area contributed by atoms with Crippen LogP contribution in [-0.2, 0) is 14.4 Å². The number of aliphatic hydroxyl groups is 1. The lowest BCUT2D eigenvalue weighted by molar-refractivity contribution is -0.142. The van der Waals surface area contributed by atoms with E-state index in [1.807, 2.05) is 37.4 Å². The first-order chi connectivity index (χ1) is 12.3. The van der Waals surface area contributed by atoms with Gasteiger partial charge in [-0.05, 0) is 42.7 Å². The molecule has 1 aliphatic heterocycles. The van der Waals surface area contributed by atoms with Crippen molar-refractivity contribution in [1.82, 2.24) is 4.90 Å². The Labute approximate surface area is 157 Å². The van der Waals surface area contributed by atoms with Crippen LogP contribution < -0.4 is 10.2 Å². The monoisotopic (exact) mass is 377 g/mol. The highest BCUT2D eigenvalue weighted by Gasteiger charge is 2.44. The minimum atomic E-state index is -0.788. The molecule has 2 rings (SSSR count). The Bertz CT molecular complexity index is 743. The van der Waals surface area contributed by atoms with Crippen molar-refractivity contribution < 1.29 is 19.5 Å². The number of hydrogen-bond acceptors (Lipinski definition) is 6. The van der Waals surface area contributed by atoms with Gasteiger partial charge in [0.05, 0.1) is 6.04 Å². The van der Waals surface area contributed by atoms with Crippen molar-refractivity contribution in [1.29, 1.82) is 0 Å². The smallest absolute Gasteiger partial charge is 0.270 e. The van der Waals surface area contributed by atoms with Crippen molar-refractivity contribution in [2.24, 2.45) is 0 Å². The number of carbonyl (C=O) groups excluding carboxylic acids is 3. The molecule has 1 atom stereocenters. The maximum absolute atomic E-state index is 12.5. The lowest BCUT2D eigenvalue weighted by Gasteiger charge is -2.21. The summed E-state index contributed by atoms with van der Waals surface area (Å²) in [5.41, 5.74) is 1.08. The molecule has 1 unspecified atom stereocenters. The number of nitrogens with one attached hydrogen (secondary N) is 1. The fourth-order valence-electron chi connectivity index (χ4n) is 2.77. The van der Waals surface area contributed by atoms with E-state index < -0.39 is 23.8 Å². The number of thioether (sulfide) groups is 1. The molecule has 0 aliphatic carbocycles. The lowest BCUT2D eigenvalue weighted by Crippen LogP contribution is -2.40. The molecule has 2 N–H and O–H groups in total. The Morgan fingerprint density at radius 2 is 1.88 bits per heavy atom. The van der Waals surface area contributed by atoms with E-state index in [1.54, 1.807) is 12.1 Å². The average Bonchev–Trinajstić information content (AvgIpc) is 2.83. The predicted molar refractivity (Wildman–Crippen MR) is 103 cm³/mol. The highest BCUT2D eigenvalue weighted by atomic mass is 32.2. The first-order valence-corrected chi connectivity index (χ1v) is 9.52. The van der Waals surface area contributed by atoms with E-state index in [0.29, 0.717) is 17.9 Å². The van der Waals surface area contributed by atoms with Gasteiger partial charge in [-0.25, -0.2) is 0 Å². The standard InChI is InChI=1S/C18H23N3O4S/c1-11(22)21-14(9-10-26-4)16(23)15(18(21)25)17(24)19-12-5-7-13(8-6-12)20(2)3/h5-8,14,23H,9-10H2,1-4H3,(H,19,24). The summed E-state index contributed by atoms with van der Waals surface area (Å²) in [5.74, 6) is -1.67. The maximum atomic E-state index is 12.5. The highest BCUT2D eigenvalue weighted by molar-refractivity contribution is 7.98. The van der Waals surface area contributed by atoms with E-state index in [1.165, 1.54) is 18.7 Å². The molecule has 1 aromatic carbocycles. The van der Waals surface area contributed by atoms with Crippen molar-refractivity contribution >= 4 is 40.9 Å². The number of amides is 3. The molecule has 8 heteroatoms. The van der Waals surface area contributed by atoms with Gasteiger partial charge in [0.15, 0.2) is 0 Å². The van der Waals surface area contributed by atoms with Gasteiger partial charge in [0.2, 0.25) is 5.91 Å². The molecular weight excluding hydrogens is 354 g/mol. The van der Waals surface area contributed by atoms with E-state index in [-0.39, 0.29) is 11.3 Å². The first kappa shape index (κ1) is 19.8. The van der Waals surface area contributed by atoms with Crippen molar-refractivity contribution in [3.8, 4) is 0 Å². The van der Waals surface area contributed by atoms with Gasteiger partial charge in [-0.3, -0.25) is 19.3 Å². The summed E-state index contributed by atoms with van der Waals surface area (Å²) in [6.45, 7) is 1.25. The number of aliphatic hydroxyl groups excluding tert-OH is 1. The second-order valence-electron chi connectivity index (χ2n) is 6.15. The van der Waals surface area contributed by atoms with Crippen LogP contribution >= 0.6 is 11.8 Å². The van der Waals surface area contributed by atoms with E-state index in [9.17, 15) is 19.5 Å². The van der Waals surface area contributed by atoms with Gasteiger partial charge in [-0.2, -0.15) is 11.8 Å². The Hall–Kier alpha value is -2.48. The van der Waals surface area contributed by atoms with Gasteiger partial charge in [-0.15, -0.1) is 0 Å². The fourth-order valence-corrected chi connectivity index (χ4v) is 3.23. The average molecular weight is 377 g/mol. The van der Waals surface area contributed by atoms with Crippen LogP contribution in [0, 0.1) is 0 Å². The molecule has 1 aliphatic rings. The van der Waals surface area contributed by atoms with Gasteiger partial charge in [0.25, 0.3) is 11.8 Å². The van der Waals surface area contributed by atoms with Crippen LogP contribution in [-0.4, -0.2) is 59.9 Å². The summed E-state index contributed by atoms with van der Waals surface area (Å²) in [4.78, 5) is 39.8. The number of rotatable bonds is 6. The maximum Gasteiger partial charge on any atom is 0.270 e. The normalized spacial score (nSPS) is 16.8. The zero-order valence-electron chi connectivity index (χ0n) is 15.3. The van der Waals surface area contributed by atoms with Gasteiger partial charge in [-0.1, -0.05) is 0 Å². The van der Waals surface area contributed by atoms with Gasteiger partial charge >= 0.3 is 0 Å². The zero-order valence-corrected chi connectivity index (χ0v) is 16.1. The van der Waals surface area contributed by atoms with E-state index >= 15 is 0 Å². The van der Waals surface area contributed by atoms with Crippen LogP contribution in [0.15, 0.2) is 35.6 Å². The van der Waals surface area contributed by atoms with Crippen LogP contribution in [0.2, 0.25) is 0 Å². The number of carbonyl (C=O) groups is 3. The van der Waals surface area contributed by atoms with Gasteiger partial charge in [0.1, 0.15) is 11.3 Å². The summed E-state index contributed by atoms with van der Waals surface area (Å²) in [7, 11) is 3.80. The Balaban J connectivity index is 2.23. The number of benzene rings is 1. The van der Waals surface area contributed by atoms with Crippen LogP contribution in [0.25, 0.3) is 0 Å². The summed E-state index contributed by atoms with van der Waals surface area (Å²) in [6, 6.07) is 6.27. The Morgan fingerprint density at radius 3 is 2.38 bits per heavy atom. The molecule has 140 valence electrons. The van der Waals surface area contributed by atoms with Crippen molar-refractivity contribution in [2.45, 2.75) is 19.4 Å². The quantitative estimate of drug-likeness (QED) is 0.737. The van der Waals surface area contributed by atoms with Crippen LogP contribution in [0.1, 0.15) is 13.3 Å². The van der Waals surface area contributed by atoms with Crippen molar-refractivity contribution in [3.05, 3.63) is 35.6 Å². The molecular formula is C18H23N3O4S. The number of nitrogens with zero attached hydrogens (tertiary/aromatic N) is 2. The summed E-state index contributed by atoms with van der Waals surface area (Å²) >= 11 is 1.53. The molecule has 0 saturated heterocycles. The molecule has 0 aromatic heterocycles. The molecule has 1 heterocycles. The fraction of sp³-hybridized carbons (Fsp3) is 0.389. The van der Waals surface area contributed by atoms with Crippen molar-refractivity contribution in [3.63, 3.8) is 0 Å². The highest BCUT2D eigenvalue weighted by Crippen LogP contribution is 2.28. The molecule has 0 radical (unpaired) electrons. The third-order valence-electron chi connectivity index (χ3n) is 4.12. The molecule has 0 saturated carbocycles. The van der Waals surface area contributed by atoms with Crippen LogP contribution in [0.4, 0.5) is 11.4 Å². The van der Waals surface area contributed by atoms with Gasteiger partial charge in [0, 0.05) is 32.4 Å². The largest absolute Gasteiger partial charge is 0.509 e. The molecule has 3 amide bonds. The minimum absolute atomic E-state index is 0.346. The second kappa shape index (κ2) is 8.27. The Kier molecular flexibility index (Phi) is 6.31. The molecule has 0 spiro atoms. The number of hydrogen-bond donors (Lipinski definition) is 2. The van der Waals surface area contributed by atoms with E-state index in [2.05, 4.69) is 5.32 Å². The van der Waals surface area contributed by atoms with E-state index in [0.717, 1.165) is 10.6 Å². The molecule has 1 aromatic rings. The molecule has 0 fully saturated rings. The minimum Gasteiger partial charge on any atom is -0.509 e. The first-order valence-electron chi connectivity index (χ1n) is 8.12. The van der Waals surface area contributed by atoms with Gasteiger partial charge < -0.3 is 15.3 Å². The van der Waals surface area contributed by atoms with Crippen LogP contribution in [0.3, 0.4) is 0 Å². The number of anilines is 2. The summed E-state index contributed by atoms with van der Waals surface area (Å²) in [6.07, 6.45) is 2.29. The number of imide groups is 1. The van der Waals surface area contributed by atoms with Crippen LogP contribution in [0.5, 0.6) is 0 Å². The topological polar surface area (TPSA) is 89.9 Å². The van der Waals surface area contributed by atoms with E-state index in [4.69, 9.17) is 0 Å². The Morgan fingerprint density at radius 1 is 1.27 bits per heavy atom. The predicted octanol–water partition coefficient (Wildman–Crippen LogP) is 2.01. The zero-order chi connectivity index (χ0) is 19.4. The SMILES string of the molecule is CSCCC1C(O)=C(C(=O)Nc2ccc(N(C)C)cc2)C(=O)N1C(C)=O. The molecule has 0 bridgehead atoms. The second-order valence-corrected chi connectivity index (χ2v) is 7.13. The lowest BCUT2D eigenvalue weighted by atomic mass is 10.1. The van der Waals surface area contributed by atoms with Crippen molar-refractivity contribution in [2.75, 3.05) is 36.3 Å². The molecule has 26 heavy (non-hydrogen) atoms. The third kappa shape index (κ3) is 4.01. The third-order valence-corrected chi connectivity index (χ3v) is 4.76.